The maximum Gasteiger partial charge on any atom is 0.0811 e. The van der Waals surface area contributed by atoms with E-state index in [-0.39, 0.29) is 5.92 Å². The molecule has 7 atom stereocenters. The van der Waals surface area contributed by atoms with Crippen molar-refractivity contribution in [3.8, 4) is 0 Å². The van der Waals surface area contributed by atoms with E-state index in [1.165, 1.54) is 25.7 Å². The molecule has 3 nitrogen and oxygen atoms in total. The largest absolute Gasteiger partial charge is 0.393 e. The van der Waals surface area contributed by atoms with Gasteiger partial charge in [0, 0.05) is 12.3 Å². The molecule has 0 spiro atoms. The highest BCUT2D eigenvalue weighted by atomic mass is 16.3. The lowest BCUT2D eigenvalue weighted by Crippen LogP contribution is -2.36. The number of hydrogen-bond acceptors (Lipinski definition) is 3. The van der Waals surface area contributed by atoms with Gasteiger partial charge in [-0.05, 0) is 85.7 Å². The third kappa shape index (κ3) is 4.97. The van der Waals surface area contributed by atoms with Crippen LogP contribution in [-0.4, -0.2) is 33.1 Å². The molecule has 0 heterocycles. The zero-order chi connectivity index (χ0) is 23.8. The topological polar surface area (TPSA) is 60.7 Å². The third-order valence-corrected chi connectivity index (χ3v) is 9.96. The van der Waals surface area contributed by atoms with Crippen molar-refractivity contribution in [2.24, 2.45) is 29.1 Å². The molecule has 0 unspecified atom stereocenters. The summed E-state index contributed by atoms with van der Waals surface area (Å²) in [6.07, 6.45) is 19.4. The van der Waals surface area contributed by atoms with E-state index in [9.17, 15) is 15.3 Å². The number of allylic oxidation sites excluding steroid dienone is 4. The van der Waals surface area contributed by atoms with Gasteiger partial charge in [0.25, 0.3) is 0 Å². The van der Waals surface area contributed by atoms with Crippen LogP contribution in [0, 0.1) is 29.1 Å². The summed E-state index contributed by atoms with van der Waals surface area (Å²) in [6, 6.07) is 0. The van der Waals surface area contributed by atoms with Gasteiger partial charge in [0.05, 0.1) is 17.8 Å². The standard InChI is InChI=1S/C30H46O3/c1-20(9-10-21(2)30(33)16-5-6-17-30)26-13-14-27-23(8-7-15-29(26,27)4)11-12-24-18-25(31)19-28(32)22(24)3/h9-12,20-21,25-28,31-33H,3,5-8,13-19H2,1-2,4H3/t20-,21+,25-,26-,27+,28+,29-/m1/s1. The summed E-state index contributed by atoms with van der Waals surface area (Å²) in [5.41, 5.74) is 3.16. The number of fused-ring (bicyclic) bond motifs is 1. The van der Waals surface area contributed by atoms with Gasteiger partial charge in [-0.1, -0.05) is 70.1 Å². The van der Waals surface area contributed by atoms with E-state index in [2.05, 4.69) is 51.7 Å². The van der Waals surface area contributed by atoms with Gasteiger partial charge in [0.15, 0.2) is 0 Å². The quantitative estimate of drug-likeness (QED) is 0.430. The van der Waals surface area contributed by atoms with Crippen molar-refractivity contribution >= 4 is 0 Å². The molecule has 4 aliphatic carbocycles. The maximum absolute atomic E-state index is 10.9. The van der Waals surface area contributed by atoms with Crippen molar-refractivity contribution in [2.45, 2.75) is 109 Å². The monoisotopic (exact) mass is 454 g/mol. The smallest absolute Gasteiger partial charge is 0.0811 e. The van der Waals surface area contributed by atoms with E-state index in [4.69, 9.17) is 0 Å². The van der Waals surface area contributed by atoms with Crippen LogP contribution in [0.25, 0.3) is 0 Å². The Hall–Kier alpha value is -1.16. The lowest BCUT2D eigenvalue weighted by atomic mass is 9.61. The fraction of sp³-hybridized carbons (Fsp3) is 0.733. The van der Waals surface area contributed by atoms with Crippen LogP contribution >= 0.6 is 0 Å². The van der Waals surface area contributed by atoms with Gasteiger partial charge in [-0.15, -0.1) is 0 Å². The Labute approximate surface area is 201 Å². The summed E-state index contributed by atoms with van der Waals surface area (Å²) in [4.78, 5) is 0. The molecule has 0 amide bonds. The van der Waals surface area contributed by atoms with E-state index >= 15 is 0 Å². The minimum absolute atomic E-state index is 0.232. The first-order chi connectivity index (χ1) is 15.6. The Morgan fingerprint density at radius 3 is 2.45 bits per heavy atom. The normalized spacial score (nSPS) is 41.1. The molecule has 3 N–H and O–H groups in total. The van der Waals surface area contributed by atoms with Gasteiger partial charge in [-0.2, -0.15) is 0 Å². The lowest BCUT2D eigenvalue weighted by molar-refractivity contribution is 0.0124. The number of aliphatic hydroxyl groups is 3. The molecule has 4 aliphatic rings. The van der Waals surface area contributed by atoms with Crippen LogP contribution in [0.1, 0.15) is 91.4 Å². The van der Waals surface area contributed by atoms with Gasteiger partial charge in [0.1, 0.15) is 0 Å². The van der Waals surface area contributed by atoms with Gasteiger partial charge in [0.2, 0.25) is 0 Å². The SMILES string of the molecule is C=C1C(=CC=C2CCC[C@]3(C)[C@@H]([C@H](C)C=C[C@H](C)C4(O)CCCC4)CC[C@@H]23)C[C@@H](O)C[C@@H]1O. The number of rotatable bonds is 5. The van der Waals surface area contributed by atoms with Crippen LogP contribution < -0.4 is 0 Å². The molecule has 4 fully saturated rings. The molecule has 4 rings (SSSR count). The maximum atomic E-state index is 10.9. The molecule has 0 aliphatic heterocycles. The molecular formula is C30H46O3. The van der Waals surface area contributed by atoms with Crippen LogP contribution in [0.15, 0.2) is 47.6 Å². The highest BCUT2D eigenvalue weighted by Gasteiger charge is 2.50. The predicted molar refractivity (Wildman–Crippen MR) is 136 cm³/mol. The van der Waals surface area contributed by atoms with E-state index in [1.807, 2.05) is 0 Å². The fourth-order valence-electron chi connectivity index (χ4n) is 7.71. The molecule has 0 aromatic rings. The summed E-state index contributed by atoms with van der Waals surface area (Å²) in [5.74, 6) is 2.05. The molecule has 0 bridgehead atoms. The second-order valence-electron chi connectivity index (χ2n) is 12.0. The van der Waals surface area contributed by atoms with Crippen molar-refractivity contribution in [2.75, 3.05) is 0 Å². The van der Waals surface area contributed by atoms with E-state index in [0.717, 1.165) is 43.3 Å². The Balaban J connectivity index is 1.47. The average Bonchev–Trinajstić information content (AvgIpc) is 3.37. The van der Waals surface area contributed by atoms with Gasteiger partial charge in [-0.3, -0.25) is 0 Å². The Morgan fingerprint density at radius 1 is 1.00 bits per heavy atom. The average molecular weight is 455 g/mol. The van der Waals surface area contributed by atoms with E-state index < -0.39 is 17.8 Å². The highest BCUT2D eigenvalue weighted by Crippen LogP contribution is 2.59. The third-order valence-electron chi connectivity index (χ3n) is 9.96. The van der Waals surface area contributed by atoms with Gasteiger partial charge < -0.3 is 15.3 Å². The molecule has 184 valence electrons. The Kier molecular flexibility index (Phi) is 7.44. The number of hydrogen-bond donors (Lipinski definition) is 3. The Morgan fingerprint density at radius 2 is 1.73 bits per heavy atom. The molecule has 0 radical (unpaired) electrons. The van der Waals surface area contributed by atoms with Crippen LogP contribution in [0.5, 0.6) is 0 Å². The van der Waals surface area contributed by atoms with Crippen LogP contribution in [0.4, 0.5) is 0 Å². The van der Waals surface area contributed by atoms with Gasteiger partial charge >= 0.3 is 0 Å². The number of aliphatic hydroxyl groups excluding tert-OH is 2. The van der Waals surface area contributed by atoms with Gasteiger partial charge in [-0.25, -0.2) is 0 Å². The Bertz CT molecular complexity index is 814. The highest BCUT2D eigenvalue weighted by molar-refractivity contribution is 5.38. The molecule has 3 heteroatoms. The first kappa shape index (κ1) is 24.9. The zero-order valence-electron chi connectivity index (χ0n) is 21.1. The minimum Gasteiger partial charge on any atom is -0.393 e. The van der Waals surface area contributed by atoms with Crippen molar-refractivity contribution in [1.29, 1.82) is 0 Å². The second-order valence-corrected chi connectivity index (χ2v) is 12.0. The first-order valence-corrected chi connectivity index (χ1v) is 13.5. The molecule has 4 saturated carbocycles. The summed E-state index contributed by atoms with van der Waals surface area (Å²) in [7, 11) is 0. The fourth-order valence-corrected chi connectivity index (χ4v) is 7.71. The molecule has 0 aromatic heterocycles. The van der Waals surface area contributed by atoms with E-state index in [0.29, 0.717) is 36.0 Å². The van der Waals surface area contributed by atoms with Crippen LogP contribution in [-0.2, 0) is 0 Å². The second kappa shape index (κ2) is 9.84. The predicted octanol–water partition coefficient (Wildman–Crippen LogP) is 6.26. The zero-order valence-corrected chi connectivity index (χ0v) is 21.1. The van der Waals surface area contributed by atoms with Crippen molar-refractivity contribution in [3.05, 3.63) is 47.6 Å². The summed E-state index contributed by atoms with van der Waals surface area (Å²) < 4.78 is 0. The van der Waals surface area contributed by atoms with Crippen molar-refractivity contribution in [1.82, 2.24) is 0 Å². The summed E-state index contributed by atoms with van der Waals surface area (Å²) in [5, 5.41) is 31.2. The van der Waals surface area contributed by atoms with Crippen LogP contribution in [0.3, 0.4) is 0 Å². The van der Waals surface area contributed by atoms with Crippen LogP contribution in [0.2, 0.25) is 0 Å². The molecule has 33 heavy (non-hydrogen) atoms. The lowest BCUT2D eigenvalue weighted by Gasteiger charge is -2.44. The molecule has 0 saturated heterocycles. The van der Waals surface area contributed by atoms with Crippen molar-refractivity contribution < 1.29 is 15.3 Å². The first-order valence-electron chi connectivity index (χ1n) is 13.5. The summed E-state index contributed by atoms with van der Waals surface area (Å²) in [6.45, 7) is 11.2. The molecular weight excluding hydrogens is 408 g/mol. The van der Waals surface area contributed by atoms with Crippen molar-refractivity contribution in [3.63, 3.8) is 0 Å². The minimum atomic E-state index is -0.622. The van der Waals surface area contributed by atoms with E-state index in [1.54, 1.807) is 5.57 Å². The summed E-state index contributed by atoms with van der Waals surface area (Å²) >= 11 is 0. The molecule has 0 aromatic carbocycles.